The van der Waals surface area contributed by atoms with E-state index < -0.39 is 6.10 Å². The summed E-state index contributed by atoms with van der Waals surface area (Å²) in [6.07, 6.45) is 1.23. The van der Waals surface area contributed by atoms with Crippen molar-refractivity contribution in [1.82, 2.24) is 0 Å². The molecule has 0 aromatic heterocycles. The van der Waals surface area contributed by atoms with Crippen molar-refractivity contribution in [2.24, 2.45) is 11.1 Å². The lowest BCUT2D eigenvalue weighted by molar-refractivity contribution is -0.0787. The maximum atomic E-state index is 10.8. The van der Waals surface area contributed by atoms with Crippen LogP contribution in [0.25, 0.3) is 0 Å². The van der Waals surface area contributed by atoms with Crippen LogP contribution in [0, 0.1) is 5.41 Å². The first-order valence-corrected chi connectivity index (χ1v) is 6.76. The van der Waals surface area contributed by atoms with E-state index in [-0.39, 0.29) is 5.41 Å². The van der Waals surface area contributed by atoms with Crippen molar-refractivity contribution in [3.05, 3.63) is 35.4 Å². The van der Waals surface area contributed by atoms with Crippen LogP contribution in [0.15, 0.2) is 24.3 Å². The molecule has 2 atom stereocenters. The lowest BCUT2D eigenvalue weighted by Crippen LogP contribution is -2.44. The predicted octanol–water partition coefficient (Wildman–Crippen LogP) is 1.62. The number of hydrogen-bond donors (Lipinski definition) is 2. The van der Waals surface area contributed by atoms with Crippen LogP contribution in [0.3, 0.4) is 0 Å². The van der Waals surface area contributed by atoms with Gasteiger partial charge in [0, 0.05) is 25.7 Å². The second-order valence-electron chi connectivity index (χ2n) is 5.26. The van der Waals surface area contributed by atoms with Crippen LogP contribution < -0.4 is 5.73 Å². The lowest BCUT2D eigenvalue weighted by atomic mass is 9.74. The topological polar surface area (TPSA) is 64.7 Å². The summed E-state index contributed by atoms with van der Waals surface area (Å²) < 4.78 is 10.7. The van der Waals surface area contributed by atoms with Gasteiger partial charge in [0.1, 0.15) is 0 Å². The number of methoxy groups -OCH3 is 1. The molecule has 0 amide bonds. The highest BCUT2D eigenvalue weighted by atomic mass is 16.5. The van der Waals surface area contributed by atoms with Crippen LogP contribution >= 0.6 is 0 Å². The molecule has 1 aliphatic rings. The van der Waals surface area contributed by atoms with Crippen molar-refractivity contribution >= 4 is 0 Å². The fourth-order valence-corrected chi connectivity index (χ4v) is 2.78. The summed E-state index contributed by atoms with van der Waals surface area (Å²) in [6.45, 7) is 2.20. The molecule has 0 radical (unpaired) electrons. The molecule has 1 heterocycles. The van der Waals surface area contributed by atoms with Gasteiger partial charge in [0.25, 0.3) is 0 Å². The minimum Gasteiger partial charge on any atom is -0.388 e. The number of aliphatic hydroxyl groups is 1. The normalized spacial score (nSPS) is 25.2. The number of hydrogen-bond acceptors (Lipinski definition) is 4. The Morgan fingerprint density at radius 3 is 2.89 bits per heavy atom. The SMILES string of the molecule is COCc1ccccc1C(O)C1(CN)CCCOC1. The van der Waals surface area contributed by atoms with Gasteiger partial charge in [-0.05, 0) is 24.0 Å². The summed E-state index contributed by atoms with van der Waals surface area (Å²) in [7, 11) is 1.66. The zero-order valence-electron chi connectivity index (χ0n) is 11.5. The average Bonchev–Trinajstić information content (AvgIpc) is 2.48. The first-order chi connectivity index (χ1) is 9.23. The highest BCUT2D eigenvalue weighted by Gasteiger charge is 2.40. The molecule has 1 aromatic carbocycles. The van der Waals surface area contributed by atoms with Crippen molar-refractivity contribution in [2.45, 2.75) is 25.6 Å². The van der Waals surface area contributed by atoms with E-state index in [1.54, 1.807) is 7.11 Å². The van der Waals surface area contributed by atoms with Crippen molar-refractivity contribution < 1.29 is 14.6 Å². The molecule has 0 aliphatic carbocycles. The highest BCUT2D eigenvalue weighted by Crippen LogP contribution is 2.41. The summed E-state index contributed by atoms with van der Waals surface area (Å²) in [5, 5.41) is 10.8. The van der Waals surface area contributed by atoms with Crippen molar-refractivity contribution in [1.29, 1.82) is 0 Å². The van der Waals surface area contributed by atoms with Gasteiger partial charge >= 0.3 is 0 Å². The molecule has 4 nitrogen and oxygen atoms in total. The molecule has 1 aliphatic heterocycles. The summed E-state index contributed by atoms with van der Waals surface area (Å²) in [5.41, 5.74) is 7.47. The Hall–Kier alpha value is -0.940. The van der Waals surface area contributed by atoms with Crippen molar-refractivity contribution in [2.75, 3.05) is 26.9 Å². The average molecular weight is 265 g/mol. The largest absolute Gasteiger partial charge is 0.388 e. The van der Waals surface area contributed by atoms with Gasteiger partial charge in [-0.25, -0.2) is 0 Å². The molecule has 3 N–H and O–H groups in total. The van der Waals surface area contributed by atoms with E-state index in [4.69, 9.17) is 15.2 Å². The highest BCUT2D eigenvalue weighted by molar-refractivity contribution is 5.30. The molecule has 0 bridgehead atoms. The van der Waals surface area contributed by atoms with E-state index in [9.17, 15) is 5.11 Å². The van der Waals surface area contributed by atoms with Gasteiger partial charge in [0.05, 0.1) is 19.3 Å². The lowest BCUT2D eigenvalue weighted by Gasteiger charge is -2.40. The van der Waals surface area contributed by atoms with Crippen LogP contribution in [-0.4, -0.2) is 32.0 Å². The van der Waals surface area contributed by atoms with E-state index in [0.29, 0.717) is 19.8 Å². The number of rotatable bonds is 5. The van der Waals surface area contributed by atoms with Crippen LogP contribution in [0.4, 0.5) is 0 Å². The van der Waals surface area contributed by atoms with Gasteiger partial charge in [-0.15, -0.1) is 0 Å². The standard InChI is InChI=1S/C15H23NO3/c1-18-9-12-5-2-3-6-13(12)14(17)15(10-16)7-4-8-19-11-15/h2-3,5-6,14,17H,4,7-11,16H2,1H3. The molecular weight excluding hydrogens is 242 g/mol. The summed E-state index contributed by atoms with van der Waals surface area (Å²) in [4.78, 5) is 0. The quantitative estimate of drug-likeness (QED) is 0.849. The number of aliphatic hydroxyl groups excluding tert-OH is 1. The van der Waals surface area contributed by atoms with Crippen LogP contribution in [0.2, 0.25) is 0 Å². The van der Waals surface area contributed by atoms with Gasteiger partial charge in [-0.3, -0.25) is 0 Å². The van der Waals surface area contributed by atoms with E-state index in [0.717, 1.165) is 30.6 Å². The van der Waals surface area contributed by atoms with Gasteiger partial charge in [-0.2, -0.15) is 0 Å². The molecule has 2 unspecified atom stereocenters. The minimum atomic E-state index is -0.607. The second-order valence-corrected chi connectivity index (χ2v) is 5.26. The Morgan fingerprint density at radius 1 is 1.47 bits per heavy atom. The number of nitrogens with two attached hydrogens (primary N) is 1. The van der Waals surface area contributed by atoms with Gasteiger partial charge in [0.2, 0.25) is 0 Å². The number of ether oxygens (including phenoxy) is 2. The molecule has 19 heavy (non-hydrogen) atoms. The predicted molar refractivity (Wildman–Crippen MR) is 73.7 cm³/mol. The Kier molecular flexibility index (Phi) is 4.93. The van der Waals surface area contributed by atoms with Gasteiger partial charge < -0.3 is 20.3 Å². The van der Waals surface area contributed by atoms with Gasteiger partial charge in [0.15, 0.2) is 0 Å². The molecule has 1 aromatic rings. The zero-order valence-corrected chi connectivity index (χ0v) is 11.5. The summed E-state index contributed by atoms with van der Waals surface area (Å²) >= 11 is 0. The maximum absolute atomic E-state index is 10.8. The van der Waals surface area contributed by atoms with E-state index in [1.807, 2.05) is 24.3 Å². The maximum Gasteiger partial charge on any atom is 0.0883 e. The smallest absolute Gasteiger partial charge is 0.0883 e. The molecule has 0 spiro atoms. The first kappa shape index (κ1) is 14.5. The zero-order chi connectivity index (χ0) is 13.7. The first-order valence-electron chi connectivity index (χ1n) is 6.76. The minimum absolute atomic E-state index is 0.373. The van der Waals surface area contributed by atoms with E-state index in [2.05, 4.69) is 0 Å². The summed E-state index contributed by atoms with van der Waals surface area (Å²) in [5.74, 6) is 0. The molecule has 106 valence electrons. The molecule has 0 saturated carbocycles. The van der Waals surface area contributed by atoms with Crippen LogP contribution in [-0.2, 0) is 16.1 Å². The third kappa shape index (κ3) is 2.98. The van der Waals surface area contributed by atoms with Crippen molar-refractivity contribution in [3.8, 4) is 0 Å². The number of benzene rings is 1. The molecule has 1 saturated heterocycles. The van der Waals surface area contributed by atoms with E-state index in [1.165, 1.54) is 0 Å². The Bertz CT molecular complexity index is 402. The summed E-state index contributed by atoms with van der Waals surface area (Å²) in [6, 6.07) is 7.82. The third-order valence-electron chi connectivity index (χ3n) is 3.99. The van der Waals surface area contributed by atoms with Crippen LogP contribution in [0.5, 0.6) is 0 Å². The second kappa shape index (κ2) is 6.48. The molecular formula is C15H23NO3. The Balaban J connectivity index is 2.28. The molecule has 1 fully saturated rings. The van der Waals surface area contributed by atoms with Gasteiger partial charge in [-0.1, -0.05) is 24.3 Å². The van der Waals surface area contributed by atoms with E-state index >= 15 is 0 Å². The third-order valence-corrected chi connectivity index (χ3v) is 3.99. The Labute approximate surface area is 114 Å². The fourth-order valence-electron chi connectivity index (χ4n) is 2.78. The van der Waals surface area contributed by atoms with Crippen molar-refractivity contribution in [3.63, 3.8) is 0 Å². The molecule has 2 rings (SSSR count). The molecule has 4 heteroatoms. The monoisotopic (exact) mass is 265 g/mol. The fraction of sp³-hybridized carbons (Fsp3) is 0.600. The van der Waals surface area contributed by atoms with Crippen LogP contribution in [0.1, 0.15) is 30.1 Å². The Morgan fingerprint density at radius 2 is 2.26 bits per heavy atom.